The number of ether oxygens (including phenoxy) is 1. The van der Waals surface area contributed by atoms with E-state index in [1.165, 1.54) is 33.3 Å². The topological polar surface area (TPSA) is 83.0 Å². The molecular weight excluding hydrogens is 532 g/mol. The van der Waals surface area contributed by atoms with Gasteiger partial charge < -0.3 is 9.64 Å². The molecule has 0 fully saturated rings. The summed E-state index contributed by atoms with van der Waals surface area (Å²) in [7, 11) is 1.82. The summed E-state index contributed by atoms with van der Waals surface area (Å²) in [5.74, 6) is 0.427. The maximum absolute atomic E-state index is 13.8. The van der Waals surface area contributed by atoms with Crippen molar-refractivity contribution in [3.63, 3.8) is 0 Å². The van der Waals surface area contributed by atoms with Gasteiger partial charge in [-0.1, -0.05) is 41.7 Å². The zero-order valence-corrected chi connectivity index (χ0v) is 24.2. The molecule has 0 atom stereocenters. The van der Waals surface area contributed by atoms with Gasteiger partial charge >= 0.3 is 0 Å². The van der Waals surface area contributed by atoms with E-state index in [0.717, 1.165) is 21.3 Å². The summed E-state index contributed by atoms with van der Waals surface area (Å²) in [6.45, 7) is 3.85. The molecule has 1 aromatic heterocycles. The average Bonchev–Trinajstić information content (AvgIpc) is 3.39. The number of benzene rings is 3. The Balaban J connectivity index is 1.43. The van der Waals surface area contributed by atoms with Crippen LogP contribution in [0.3, 0.4) is 0 Å². The first-order valence-corrected chi connectivity index (χ1v) is 15.0. The fourth-order valence-electron chi connectivity index (χ4n) is 4.71. The van der Waals surface area contributed by atoms with Gasteiger partial charge in [0.2, 0.25) is 10.0 Å². The second-order valence-corrected chi connectivity index (χ2v) is 12.8. The number of aryl methyl sites for hydroxylation is 1. The zero-order valence-electron chi connectivity index (χ0n) is 22.5. The first-order valence-electron chi connectivity index (χ1n) is 12.8. The van der Waals surface area contributed by atoms with Gasteiger partial charge in [-0.25, -0.2) is 13.4 Å². The summed E-state index contributed by atoms with van der Waals surface area (Å²) >= 11 is 1.45. The minimum Gasteiger partial charge on any atom is -0.494 e. The fourth-order valence-corrected chi connectivity index (χ4v) is 7.21. The van der Waals surface area contributed by atoms with Crippen LogP contribution in [0.2, 0.25) is 0 Å². The van der Waals surface area contributed by atoms with Crippen LogP contribution in [0.1, 0.15) is 27.0 Å². The van der Waals surface area contributed by atoms with Crippen LogP contribution in [0.25, 0.3) is 10.2 Å². The van der Waals surface area contributed by atoms with E-state index >= 15 is 0 Å². The molecule has 10 heteroatoms. The summed E-state index contributed by atoms with van der Waals surface area (Å²) in [5, 5.41) is 0.577. The Labute approximate surface area is 233 Å². The first-order chi connectivity index (χ1) is 18.7. The van der Waals surface area contributed by atoms with Crippen molar-refractivity contribution in [2.75, 3.05) is 45.7 Å². The molecule has 1 aliphatic heterocycles. The van der Waals surface area contributed by atoms with Crippen LogP contribution in [-0.4, -0.2) is 69.4 Å². The van der Waals surface area contributed by atoms with Crippen LogP contribution in [0, 0.1) is 6.92 Å². The van der Waals surface area contributed by atoms with Gasteiger partial charge in [-0.05, 0) is 74.5 Å². The molecule has 2 heterocycles. The lowest BCUT2D eigenvalue weighted by molar-refractivity contribution is 0.0985. The fraction of sp³-hybridized carbons (Fsp3) is 0.310. The molecule has 0 spiro atoms. The van der Waals surface area contributed by atoms with E-state index in [1.807, 2.05) is 62.3 Å². The number of thiazole rings is 1. The molecule has 4 aromatic rings. The van der Waals surface area contributed by atoms with Gasteiger partial charge in [-0.3, -0.25) is 9.69 Å². The molecule has 0 saturated carbocycles. The monoisotopic (exact) mass is 564 g/mol. The Bertz CT molecular complexity index is 1610. The lowest BCUT2D eigenvalue weighted by Gasteiger charge is -2.28. The van der Waals surface area contributed by atoms with Gasteiger partial charge in [0.05, 0.1) is 16.7 Å². The normalized spacial score (nSPS) is 14.0. The highest BCUT2D eigenvalue weighted by atomic mass is 32.2. The molecular formula is C29H32N4O4S2. The average molecular weight is 565 g/mol. The summed E-state index contributed by atoms with van der Waals surface area (Å²) in [6.07, 6.45) is 0.680. The smallest absolute Gasteiger partial charge is 0.260 e. The van der Waals surface area contributed by atoms with E-state index in [2.05, 4.69) is 0 Å². The molecule has 3 aromatic carbocycles. The third kappa shape index (κ3) is 5.42. The Morgan fingerprint density at radius 3 is 2.44 bits per heavy atom. The molecule has 0 saturated heterocycles. The largest absolute Gasteiger partial charge is 0.494 e. The first kappa shape index (κ1) is 27.3. The third-order valence-electron chi connectivity index (χ3n) is 6.99. The van der Waals surface area contributed by atoms with Gasteiger partial charge in [0.15, 0.2) is 5.13 Å². The predicted molar refractivity (Wildman–Crippen MR) is 155 cm³/mol. The van der Waals surface area contributed by atoms with Gasteiger partial charge in [-0.2, -0.15) is 4.31 Å². The Kier molecular flexibility index (Phi) is 7.73. The molecule has 0 aliphatic carbocycles. The lowest BCUT2D eigenvalue weighted by Crippen LogP contribution is -2.37. The van der Waals surface area contributed by atoms with E-state index in [4.69, 9.17) is 9.72 Å². The number of likely N-dealkylation sites (N-methyl/N-ethyl adjacent to an activating group) is 1. The predicted octanol–water partition coefficient (Wildman–Crippen LogP) is 4.57. The second-order valence-electron chi connectivity index (χ2n) is 9.90. The van der Waals surface area contributed by atoms with Crippen molar-refractivity contribution in [2.45, 2.75) is 24.8 Å². The minimum absolute atomic E-state index is 0.179. The van der Waals surface area contributed by atoms with Crippen LogP contribution in [-0.2, 0) is 23.0 Å². The summed E-state index contributed by atoms with van der Waals surface area (Å²) in [6, 6.07) is 18.0. The van der Waals surface area contributed by atoms with Crippen LogP contribution in [0.15, 0.2) is 65.6 Å². The Morgan fingerprint density at radius 1 is 1.03 bits per heavy atom. The minimum atomic E-state index is -3.69. The number of carbonyl (C=O) groups is 1. The van der Waals surface area contributed by atoms with Crippen molar-refractivity contribution in [1.82, 2.24) is 14.2 Å². The van der Waals surface area contributed by atoms with E-state index < -0.39 is 10.0 Å². The molecule has 1 aliphatic rings. The zero-order chi connectivity index (χ0) is 27.7. The molecule has 0 unspecified atom stereocenters. The standard InChI is InChI=1S/C29H32N4O4S2/c1-20-9-14-25(37-4)26-27(20)38-29(30-26)33(18-17-31(2)3)28(34)22-10-12-24(13-11-22)39(35,36)32-16-15-21-7-5-6-8-23(21)19-32/h5-14H,15-19H2,1-4H3. The van der Waals surface area contributed by atoms with Crippen molar-refractivity contribution >= 4 is 42.6 Å². The number of rotatable bonds is 8. The number of amides is 1. The summed E-state index contributed by atoms with van der Waals surface area (Å²) in [4.78, 5) is 22.4. The van der Waals surface area contributed by atoms with Crippen LogP contribution in [0.5, 0.6) is 5.75 Å². The van der Waals surface area contributed by atoms with Crippen molar-refractivity contribution in [3.05, 3.63) is 82.9 Å². The Hall–Kier alpha value is -3.31. The van der Waals surface area contributed by atoms with Gasteiger partial charge in [-0.15, -0.1) is 0 Å². The van der Waals surface area contributed by atoms with Crippen LogP contribution < -0.4 is 9.64 Å². The van der Waals surface area contributed by atoms with Crippen molar-refractivity contribution in [2.24, 2.45) is 0 Å². The molecule has 0 bridgehead atoms. The molecule has 0 N–H and O–H groups in total. The highest BCUT2D eigenvalue weighted by Crippen LogP contribution is 2.37. The van der Waals surface area contributed by atoms with Crippen LogP contribution in [0.4, 0.5) is 5.13 Å². The summed E-state index contributed by atoms with van der Waals surface area (Å²) < 4.78 is 34.8. The summed E-state index contributed by atoms with van der Waals surface area (Å²) in [5.41, 5.74) is 4.40. The number of fused-ring (bicyclic) bond motifs is 2. The van der Waals surface area contributed by atoms with Crippen LogP contribution >= 0.6 is 11.3 Å². The molecule has 1 amide bonds. The van der Waals surface area contributed by atoms with Gasteiger partial charge in [0.1, 0.15) is 11.3 Å². The third-order valence-corrected chi connectivity index (χ3v) is 10.1. The number of carbonyl (C=O) groups excluding carboxylic acids is 1. The molecule has 0 radical (unpaired) electrons. The highest BCUT2D eigenvalue weighted by molar-refractivity contribution is 7.89. The van der Waals surface area contributed by atoms with E-state index in [1.54, 1.807) is 24.1 Å². The number of methoxy groups -OCH3 is 1. The van der Waals surface area contributed by atoms with Crippen molar-refractivity contribution < 1.29 is 17.9 Å². The SMILES string of the molecule is COc1ccc(C)c2sc(N(CCN(C)C)C(=O)c3ccc(S(=O)(=O)N4CCc5ccccc5C4)cc3)nc12. The van der Waals surface area contributed by atoms with Gasteiger partial charge in [0, 0.05) is 31.7 Å². The highest BCUT2D eigenvalue weighted by Gasteiger charge is 2.29. The van der Waals surface area contributed by atoms with E-state index in [9.17, 15) is 13.2 Å². The number of nitrogens with zero attached hydrogens (tertiary/aromatic N) is 4. The van der Waals surface area contributed by atoms with E-state index in [-0.39, 0.29) is 10.8 Å². The molecule has 5 rings (SSSR count). The Morgan fingerprint density at radius 2 is 1.74 bits per heavy atom. The quantitative estimate of drug-likeness (QED) is 0.312. The maximum atomic E-state index is 13.8. The number of sulfonamides is 1. The molecule has 204 valence electrons. The van der Waals surface area contributed by atoms with Crippen molar-refractivity contribution in [3.8, 4) is 5.75 Å². The number of anilines is 1. The number of aromatic nitrogens is 1. The second kappa shape index (κ2) is 11.1. The lowest BCUT2D eigenvalue weighted by atomic mass is 10.0. The van der Waals surface area contributed by atoms with E-state index in [0.29, 0.717) is 49.0 Å². The van der Waals surface area contributed by atoms with Crippen molar-refractivity contribution in [1.29, 1.82) is 0 Å². The number of hydrogen-bond acceptors (Lipinski definition) is 7. The van der Waals surface area contributed by atoms with Gasteiger partial charge in [0.25, 0.3) is 5.91 Å². The maximum Gasteiger partial charge on any atom is 0.260 e. The molecule has 8 nitrogen and oxygen atoms in total. The number of hydrogen-bond donors (Lipinski definition) is 0. The molecule has 39 heavy (non-hydrogen) atoms.